The van der Waals surface area contributed by atoms with Gasteiger partial charge in [0.25, 0.3) is 0 Å². The van der Waals surface area contributed by atoms with Crippen LogP contribution in [0, 0.1) is 11.3 Å². The van der Waals surface area contributed by atoms with Crippen LogP contribution in [0.2, 0.25) is 0 Å². The van der Waals surface area contributed by atoms with Gasteiger partial charge in [-0.2, -0.15) is 26.3 Å². The van der Waals surface area contributed by atoms with Crippen LogP contribution in [0.3, 0.4) is 0 Å². The van der Waals surface area contributed by atoms with Crippen LogP contribution in [0.1, 0.15) is 34.0 Å². The van der Waals surface area contributed by atoms with Crippen molar-refractivity contribution in [1.82, 2.24) is 0 Å². The summed E-state index contributed by atoms with van der Waals surface area (Å²) in [7, 11) is 0. The highest BCUT2D eigenvalue weighted by Gasteiger charge is 2.70. The second-order valence-corrected chi connectivity index (χ2v) is 4.03. The van der Waals surface area contributed by atoms with E-state index in [2.05, 4.69) is 0 Å². The molecule has 0 nitrogen and oxygen atoms in total. The van der Waals surface area contributed by atoms with Gasteiger partial charge in [-0.15, -0.1) is 0 Å². The zero-order chi connectivity index (χ0) is 12.8. The molecule has 0 radical (unpaired) electrons. The maximum atomic E-state index is 12.6. The molecule has 15 heavy (non-hydrogen) atoms. The van der Waals surface area contributed by atoms with Crippen molar-refractivity contribution in [2.24, 2.45) is 11.3 Å². The summed E-state index contributed by atoms with van der Waals surface area (Å²) in [5.41, 5.74) is -3.61. The Morgan fingerprint density at radius 1 is 1.00 bits per heavy atom. The van der Waals surface area contributed by atoms with Gasteiger partial charge in [0.1, 0.15) is 0 Å². The second-order valence-electron chi connectivity index (χ2n) is 4.03. The second kappa shape index (κ2) is 3.56. The highest BCUT2D eigenvalue weighted by Crippen LogP contribution is 2.58. The summed E-state index contributed by atoms with van der Waals surface area (Å²) in [5, 5.41) is 0. The van der Waals surface area contributed by atoms with Gasteiger partial charge < -0.3 is 0 Å². The third-order valence-electron chi connectivity index (χ3n) is 3.04. The van der Waals surface area contributed by atoms with Gasteiger partial charge in [-0.25, -0.2) is 0 Å². The van der Waals surface area contributed by atoms with Crippen LogP contribution < -0.4 is 0 Å². The van der Waals surface area contributed by atoms with E-state index in [-0.39, 0.29) is 12.8 Å². The third-order valence-corrected chi connectivity index (χ3v) is 3.04. The van der Waals surface area contributed by atoms with Crippen LogP contribution in [-0.2, 0) is 0 Å². The van der Waals surface area contributed by atoms with E-state index in [0.29, 0.717) is 0 Å². The fourth-order valence-corrected chi connectivity index (χ4v) is 1.83. The molecule has 0 N–H and O–H groups in total. The van der Waals surface area contributed by atoms with E-state index in [4.69, 9.17) is 1.37 Å². The maximum Gasteiger partial charge on any atom is 0.403 e. The number of hydrogen-bond acceptors (Lipinski definition) is 0. The number of alkyl halides is 6. The minimum absolute atomic E-state index is 0.383. The molecule has 0 atom stereocenters. The molecule has 1 rings (SSSR count). The lowest BCUT2D eigenvalue weighted by molar-refractivity contribution is -0.351. The maximum absolute atomic E-state index is 12.6. The molecule has 0 unspecified atom stereocenters. The SMILES string of the molecule is [2H]C1(C)CCC(C(F)(F)F)(C(F)(F)F)CC1. The zero-order valence-corrected chi connectivity index (χ0v) is 8.10. The first-order valence-corrected chi connectivity index (χ1v) is 4.55. The summed E-state index contributed by atoms with van der Waals surface area (Å²) in [4.78, 5) is 0. The standard InChI is InChI=1S/C9H12F6/c1-6-2-4-7(5-3-6,8(10,11)12)9(13,14)15/h6H,2-5H2,1H3/i6D. The number of rotatable bonds is 0. The Labute approximate surface area is 85.1 Å². The van der Waals surface area contributed by atoms with Gasteiger partial charge in [0.2, 0.25) is 0 Å². The highest BCUT2D eigenvalue weighted by atomic mass is 19.4. The molecule has 1 aliphatic carbocycles. The molecule has 0 aromatic rings. The summed E-state index contributed by atoms with van der Waals surface area (Å²) in [6.07, 6.45) is -13.4. The third kappa shape index (κ3) is 2.08. The molecule has 0 aromatic heterocycles. The van der Waals surface area contributed by atoms with Gasteiger partial charge in [0, 0.05) is 1.37 Å². The van der Waals surface area contributed by atoms with E-state index in [1.807, 2.05) is 0 Å². The van der Waals surface area contributed by atoms with Crippen LogP contribution in [0.4, 0.5) is 26.3 Å². The van der Waals surface area contributed by atoms with Crippen LogP contribution in [0.15, 0.2) is 0 Å². The van der Waals surface area contributed by atoms with E-state index >= 15 is 0 Å². The molecular formula is C9H12F6. The first-order chi connectivity index (χ1) is 6.91. The van der Waals surface area contributed by atoms with E-state index in [1.165, 1.54) is 6.92 Å². The van der Waals surface area contributed by atoms with Crippen molar-refractivity contribution >= 4 is 0 Å². The first kappa shape index (κ1) is 11.1. The molecule has 6 heteroatoms. The molecular weight excluding hydrogens is 222 g/mol. The van der Waals surface area contributed by atoms with Gasteiger partial charge >= 0.3 is 12.4 Å². The van der Waals surface area contributed by atoms with Gasteiger partial charge in [-0.1, -0.05) is 6.92 Å². The largest absolute Gasteiger partial charge is 0.403 e. The molecule has 1 fully saturated rings. The topological polar surface area (TPSA) is 0 Å². The monoisotopic (exact) mass is 235 g/mol. The Morgan fingerprint density at radius 2 is 1.33 bits per heavy atom. The fourth-order valence-electron chi connectivity index (χ4n) is 1.83. The smallest absolute Gasteiger partial charge is 0.170 e. The van der Waals surface area contributed by atoms with E-state index in [9.17, 15) is 26.3 Å². The van der Waals surface area contributed by atoms with Gasteiger partial charge in [0.15, 0.2) is 5.41 Å². The van der Waals surface area contributed by atoms with Crippen molar-refractivity contribution in [3.63, 3.8) is 0 Å². The van der Waals surface area contributed by atoms with E-state index < -0.39 is 36.5 Å². The lowest BCUT2D eigenvalue weighted by Crippen LogP contribution is -2.51. The molecule has 90 valence electrons. The zero-order valence-electron chi connectivity index (χ0n) is 9.10. The summed E-state index contributed by atoms with van der Waals surface area (Å²) < 4.78 is 82.9. The van der Waals surface area contributed by atoms with E-state index in [1.54, 1.807) is 0 Å². The molecule has 1 aliphatic rings. The number of halogens is 6. The first-order valence-electron chi connectivity index (χ1n) is 5.05. The van der Waals surface area contributed by atoms with Crippen LogP contribution in [0.5, 0.6) is 0 Å². The van der Waals surface area contributed by atoms with Crippen molar-refractivity contribution in [3.05, 3.63) is 0 Å². The Kier molecular flexibility index (Phi) is 2.63. The van der Waals surface area contributed by atoms with Crippen LogP contribution in [-0.4, -0.2) is 12.4 Å². The average Bonchev–Trinajstić information content (AvgIpc) is 1.98. The molecule has 0 spiro atoms. The highest BCUT2D eigenvalue weighted by molar-refractivity contribution is 4.96. The van der Waals surface area contributed by atoms with Gasteiger partial charge in [-0.05, 0) is 31.6 Å². The summed E-state index contributed by atoms with van der Waals surface area (Å²) in [6, 6.07) is 0. The Balaban J connectivity index is 3.03. The molecule has 0 bridgehead atoms. The number of hydrogen-bond donors (Lipinski definition) is 0. The average molecular weight is 235 g/mol. The summed E-state index contributed by atoms with van der Waals surface area (Å²) in [6.45, 7) is 1.36. The van der Waals surface area contributed by atoms with Crippen molar-refractivity contribution in [2.45, 2.75) is 45.0 Å². The summed E-state index contributed by atoms with van der Waals surface area (Å²) in [5.74, 6) is -1.18. The van der Waals surface area contributed by atoms with Crippen LogP contribution >= 0.6 is 0 Å². The Hall–Kier alpha value is -0.420. The molecule has 0 amide bonds. The Bertz CT molecular complexity index is 238. The molecule has 0 heterocycles. The minimum atomic E-state index is -5.29. The van der Waals surface area contributed by atoms with Crippen molar-refractivity contribution < 1.29 is 27.7 Å². The van der Waals surface area contributed by atoms with Crippen molar-refractivity contribution in [1.29, 1.82) is 0 Å². The fraction of sp³-hybridized carbons (Fsp3) is 1.00. The predicted octanol–water partition coefficient (Wildman–Crippen LogP) is 4.31. The predicted molar refractivity (Wildman–Crippen MR) is 42.2 cm³/mol. The molecule has 0 aromatic carbocycles. The van der Waals surface area contributed by atoms with Crippen molar-refractivity contribution in [3.8, 4) is 0 Å². The van der Waals surface area contributed by atoms with Crippen LogP contribution in [0.25, 0.3) is 0 Å². The lowest BCUT2D eigenvalue weighted by Gasteiger charge is -2.41. The van der Waals surface area contributed by atoms with Gasteiger partial charge in [-0.3, -0.25) is 0 Å². The lowest BCUT2D eigenvalue weighted by atomic mass is 9.70. The van der Waals surface area contributed by atoms with Gasteiger partial charge in [0.05, 0.1) is 0 Å². The normalized spacial score (nSPS) is 27.3. The molecule has 0 saturated heterocycles. The van der Waals surface area contributed by atoms with E-state index in [0.717, 1.165) is 0 Å². The molecule has 1 saturated carbocycles. The minimum Gasteiger partial charge on any atom is -0.170 e. The van der Waals surface area contributed by atoms with Crippen molar-refractivity contribution in [2.75, 3.05) is 0 Å². The quantitative estimate of drug-likeness (QED) is 0.549. The molecule has 0 aliphatic heterocycles. The summed E-state index contributed by atoms with van der Waals surface area (Å²) >= 11 is 0. The Morgan fingerprint density at radius 3 is 1.60 bits per heavy atom.